The maximum absolute atomic E-state index is 13.5. The SMILES string of the molecule is COC(=O)c1ccc(Oc2ccc(C[C@H](NC(=O)OC(C)(C)C)C(=O)O)cc2)c(C(F)(F)F)c1. The Morgan fingerprint density at radius 2 is 1.65 bits per heavy atom. The Morgan fingerprint density at radius 1 is 1.03 bits per heavy atom. The van der Waals surface area contributed by atoms with Crippen LogP contribution in [0.1, 0.15) is 42.3 Å². The van der Waals surface area contributed by atoms with E-state index in [1.165, 1.54) is 24.3 Å². The molecule has 0 unspecified atom stereocenters. The summed E-state index contributed by atoms with van der Waals surface area (Å²) < 4.78 is 55.2. The van der Waals surface area contributed by atoms with Crippen molar-refractivity contribution in [2.75, 3.05) is 7.11 Å². The van der Waals surface area contributed by atoms with E-state index < -0.39 is 47.2 Å². The summed E-state index contributed by atoms with van der Waals surface area (Å²) in [5.41, 5.74) is -1.77. The molecule has 2 aromatic rings. The second-order valence-corrected chi connectivity index (χ2v) is 8.19. The summed E-state index contributed by atoms with van der Waals surface area (Å²) in [6, 6.07) is 7.13. The molecule has 0 aliphatic heterocycles. The summed E-state index contributed by atoms with van der Waals surface area (Å²) in [7, 11) is 1.06. The lowest BCUT2D eigenvalue weighted by atomic mass is 10.1. The second-order valence-electron chi connectivity index (χ2n) is 8.19. The number of benzene rings is 2. The highest BCUT2D eigenvalue weighted by Crippen LogP contribution is 2.39. The van der Waals surface area contributed by atoms with Crippen molar-refractivity contribution in [1.29, 1.82) is 0 Å². The fraction of sp³-hybridized carbons (Fsp3) is 0.348. The van der Waals surface area contributed by atoms with E-state index in [1.807, 2.05) is 0 Å². The number of amides is 1. The zero-order valence-corrected chi connectivity index (χ0v) is 18.9. The van der Waals surface area contributed by atoms with E-state index in [9.17, 15) is 32.7 Å². The lowest BCUT2D eigenvalue weighted by Gasteiger charge is -2.22. The van der Waals surface area contributed by atoms with Crippen LogP contribution in [0.2, 0.25) is 0 Å². The number of alkyl carbamates (subject to hydrolysis) is 1. The lowest BCUT2D eigenvalue weighted by molar-refractivity contribution is -0.140. The quantitative estimate of drug-likeness (QED) is 0.544. The van der Waals surface area contributed by atoms with E-state index in [4.69, 9.17) is 9.47 Å². The van der Waals surface area contributed by atoms with Crippen LogP contribution in [0.15, 0.2) is 42.5 Å². The molecule has 8 nitrogen and oxygen atoms in total. The summed E-state index contributed by atoms with van der Waals surface area (Å²) in [6.07, 6.45) is -5.78. The van der Waals surface area contributed by atoms with Gasteiger partial charge in [0.25, 0.3) is 0 Å². The lowest BCUT2D eigenvalue weighted by Crippen LogP contribution is -2.44. The van der Waals surface area contributed by atoms with Gasteiger partial charge >= 0.3 is 24.2 Å². The van der Waals surface area contributed by atoms with Gasteiger partial charge in [0.15, 0.2) is 0 Å². The van der Waals surface area contributed by atoms with Crippen LogP contribution in [0, 0.1) is 0 Å². The van der Waals surface area contributed by atoms with Crippen LogP contribution in [0.3, 0.4) is 0 Å². The first-order chi connectivity index (χ1) is 15.7. The van der Waals surface area contributed by atoms with Crippen LogP contribution in [0.25, 0.3) is 0 Å². The molecule has 0 heterocycles. The van der Waals surface area contributed by atoms with Crippen LogP contribution < -0.4 is 10.1 Å². The number of alkyl halides is 3. The average molecular weight is 483 g/mol. The maximum atomic E-state index is 13.5. The molecule has 0 saturated heterocycles. The van der Waals surface area contributed by atoms with Crippen LogP contribution in [-0.4, -0.2) is 41.9 Å². The summed E-state index contributed by atoms with van der Waals surface area (Å²) in [5.74, 6) is -2.68. The molecule has 1 atom stereocenters. The van der Waals surface area contributed by atoms with E-state index in [1.54, 1.807) is 20.8 Å². The van der Waals surface area contributed by atoms with Crippen molar-refractivity contribution in [1.82, 2.24) is 5.32 Å². The highest BCUT2D eigenvalue weighted by atomic mass is 19.4. The highest BCUT2D eigenvalue weighted by molar-refractivity contribution is 5.89. The summed E-state index contributed by atoms with van der Waals surface area (Å²) in [6.45, 7) is 4.90. The average Bonchev–Trinajstić information content (AvgIpc) is 2.72. The minimum absolute atomic E-state index is 0.0482. The van der Waals surface area contributed by atoms with Gasteiger partial charge in [0.1, 0.15) is 23.1 Å². The Balaban J connectivity index is 2.17. The van der Waals surface area contributed by atoms with Crippen molar-refractivity contribution in [3.63, 3.8) is 0 Å². The third-order valence-electron chi connectivity index (χ3n) is 4.29. The number of hydrogen-bond donors (Lipinski definition) is 2. The highest BCUT2D eigenvalue weighted by Gasteiger charge is 2.35. The van der Waals surface area contributed by atoms with Crippen molar-refractivity contribution < 1.29 is 46.9 Å². The molecule has 0 aliphatic carbocycles. The number of hydrogen-bond acceptors (Lipinski definition) is 6. The monoisotopic (exact) mass is 483 g/mol. The van der Waals surface area contributed by atoms with Crippen LogP contribution in [0.5, 0.6) is 11.5 Å². The third-order valence-corrected chi connectivity index (χ3v) is 4.29. The number of carbonyl (C=O) groups is 3. The molecule has 0 fully saturated rings. The Bertz CT molecular complexity index is 1040. The van der Waals surface area contributed by atoms with Gasteiger partial charge in [-0.05, 0) is 56.7 Å². The number of methoxy groups -OCH3 is 1. The summed E-state index contributed by atoms with van der Waals surface area (Å²) in [4.78, 5) is 35.0. The van der Waals surface area contributed by atoms with Crippen LogP contribution >= 0.6 is 0 Å². The molecule has 0 bridgehead atoms. The molecule has 2 rings (SSSR count). The topological polar surface area (TPSA) is 111 Å². The zero-order chi connectivity index (χ0) is 25.7. The Kier molecular flexibility index (Phi) is 8.14. The van der Waals surface area contributed by atoms with Crippen molar-refractivity contribution in [3.05, 3.63) is 59.2 Å². The van der Waals surface area contributed by atoms with Crippen molar-refractivity contribution in [2.24, 2.45) is 0 Å². The van der Waals surface area contributed by atoms with Gasteiger partial charge in [0.2, 0.25) is 0 Å². The van der Waals surface area contributed by atoms with E-state index in [-0.39, 0.29) is 17.7 Å². The molecule has 0 spiro atoms. The number of esters is 1. The molecule has 0 aromatic heterocycles. The normalized spacial score (nSPS) is 12.4. The maximum Gasteiger partial charge on any atom is 0.420 e. The second kappa shape index (κ2) is 10.4. The molecule has 0 aliphatic rings. The Morgan fingerprint density at radius 3 is 2.15 bits per heavy atom. The van der Waals surface area contributed by atoms with Gasteiger partial charge in [-0.3, -0.25) is 0 Å². The van der Waals surface area contributed by atoms with Gasteiger partial charge in [-0.1, -0.05) is 12.1 Å². The molecular weight excluding hydrogens is 459 g/mol. The third kappa shape index (κ3) is 7.68. The fourth-order valence-electron chi connectivity index (χ4n) is 2.79. The first-order valence-corrected chi connectivity index (χ1v) is 9.98. The van der Waals surface area contributed by atoms with Crippen molar-refractivity contribution in [3.8, 4) is 11.5 Å². The largest absolute Gasteiger partial charge is 0.480 e. The van der Waals surface area contributed by atoms with Gasteiger partial charge in [-0.2, -0.15) is 13.2 Å². The fourth-order valence-corrected chi connectivity index (χ4v) is 2.79. The minimum atomic E-state index is -4.79. The molecule has 11 heteroatoms. The molecule has 2 N–H and O–H groups in total. The summed E-state index contributed by atoms with van der Waals surface area (Å²) >= 11 is 0. The Hall–Kier alpha value is -3.76. The first-order valence-electron chi connectivity index (χ1n) is 9.98. The smallest absolute Gasteiger partial charge is 0.420 e. The molecule has 0 saturated carbocycles. The number of halogens is 3. The number of carbonyl (C=O) groups excluding carboxylic acids is 2. The number of nitrogens with one attached hydrogen (secondary N) is 1. The number of rotatable bonds is 7. The van der Waals surface area contributed by atoms with Gasteiger partial charge in [-0.15, -0.1) is 0 Å². The first kappa shape index (κ1) is 26.5. The van der Waals surface area contributed by atoms with Gasteiger partial charge < -0.3 is 24.6 Å². The molecule has 184 valence electrons. The van der Waals surface area contributed by atoms with E-state index in [0.717, 1.165) is 19.2 Å². The number of carboxylic acids is 1. The zero-order valence-electron chi connectivity index (χ0n) is 18.9. The number of carboxylic acid groups (broad SMARTS) is 1. The molecule has 1 amide bonds. The van der Waals surface area contributed by atoms with Gasteiger partial charge in [-0.25, -0.2) is 14.4 Å². The summed E-state index contributed by atoms with van der Waals surface area (Å²) in [5, 5.41) is 11.6. The standard InChI is InChI=1S/C23H24F3NO7/c1-22(2,3)34-21(31)27-17(19(28)29)11-13-5-8-15(9-6-13)33-18-10-7-14(20(30)32-4)12-16(18)23(24,25)26/h5-10,12,17H,11H2,1-4H3,(H,27,31)(H,28,29)/t17-/m0/s1. The van der Waals surface area contributed by atoms with Crippen LogP contribution in [-0.2, 0) is 26.9 Å². The molecule has 0 radical (unpaired) electrons. The number of ether oxygens (including phenoxy) is 3. The van der Waals surface area contributed by atoms with E-state index in [0.29, 0.717) is 11.6 Å². The van der Waals surface area contributed by atoms with E-state index >= 15 is 0 Å². The van der Waals surface area contributed by atoms with Gasteiger partial charge in [0, 0.05) is 6.42 Å². The van der Waals surface area contributed by atoms with Crippen LogP contribution in [0.4, 0.5) is 18.0 Å². The van der Waals surface area contributed by atoms with E-state index in [2.05, 4.69) is 10.1 Å². The number of aliphatic carboxylic acids is 1. The molecule has 2 aromatic carbocycles. The van der Waals surface area contributed by atoms with Gasteiger partial charge in [0.05, 0.1) is 18.2 Å². The predicted molar refractivity (Wildman–Crippen MR) is 114 cm³/mol. The predicted octanol–water partition coefficient (Wildman–Crippen LogP) is 4.80. The van der Waals surface area contributed by atoms with Crippen molar-refractivity contribution in [2.45, 2.75) is 45.0 Å². The minimum Gasteiger partial charge on any atom is -0.480 e. The molecular formula is C23H24F3NO7. The molecule has 34 heavy (non-hydrogen) atoms. The Labute approximate surface area is 193 Å². The van der Waals surface area contributed by atoms with Crippen molar-refractivity contribution >= 4 is 18.0 Å².